The summed E-state index contributed by atoms with van der Waals surface area (Å²) >= 11 is 0. The van der Waals surface area contributed by atoms with Crippen molar-refractivity contribution in [2.45, 2.75) is 65.0 Å². The van der Waals surface area contributed by atoms with Crippen molar-refractivity contribution >= 4 is 0 Å². The predicted molar refractivity (Wildman–Crippen MR) is 70.0 cm³/mol. The Morgan fingerprint density at radius 3 is 2.71 bits per heavy atom. The zero-order valence-corrected chi connectivity index (χ0v) is 11.6. The van der Waals surface area contributed by atoms with Crippen LogP contribution in [0.2, 0.25) is 0 Å². The molecule has 1 heterocycles. The molecule has 17 heavy (non-hydrogen) atoms. The molecule has 2 aliphatic carbocycles. The summed E-state index contributed by atoms with van der Waals surface area (Å²) in [6, 6.07) is 0.692. The van der Waals surface area contributed by atoms with E-state index in [0.717, 1.165) is 12.5 Å². The second-order valence-corrected chi connectivity index (χ2v) is 7.13. The molecule has 3 unspecified atom stereocenters. The maximum atomic E-state index is 5.96. The van der Waals surface area contributed by atoms with E-state index in [1.54, 1.807) is 0 Å². The van der Waals surface area contributed by atoms with E-state index in [9.17, 15) is 0 Å². The standard InChI is InChI=1S/C15H27NO/c1-4-15(7-8-15)10-16-12-11-6-5-9-17-13(11)14(12,2)3/h11-13,16H,4-10H2,1-3H3. The summed E-state index contributed by atoms with van der Waals surface area (Å²) in [4.78, 5) is 0. The summed E-state index contributed by atoms with van der Waals surface area (Å²) in [5.74, 6) is 0.784. The van der Waals surface area contributed by atoms with Crippen molar-refractivity contribution in [1.82, 2.24) is 5.32 Å². The van der Waals surface area contributed by atoms with Gasteiger partial charge in [-0.05, 0) is 37.5 Å². The largest absolute Gasteiger partial charge is 0.377 e. The van der Waals surface area contributed by atoms with Crippen LogP contribution in [-0.2, 0) is 4.74 Å². The molecule has 0 aromatic rings. The van der Waals surface area contributed by atoms with Gasteiger partial charge in [-0.15, -0.1) is 0 Å². The Labute approximate surface area is 105 Å². The molecule has 0 spiro atoms. The lowest BCUT2D eigenvalue weighted by atomic mass is 9.55. The molecule has 2 heteroatoms. The molecule has 1 saturated heterocycles. The van der Waals surface area contributed by atoms with Gasteiger partial charge in [-0.2, -0.15) is 0 Å². The lowest BCUT2D eigenvalue weighted by molar-refractivity contribution is -0.193. The van der Waals surface area contributed by atoms with Crippen molar-refractivity contribution in [3.05, 3.63) is 0 Å². The van der Waals surface area contributed by atoms with Crippen LogP contribution in [0, 0.1) is 16.7 Å². The molecule has 3 atom stereocenters. The number of hydrogen-bond donors (Lipinski definition) is 1. The van der Waals surface area contributed by atoms with Crippen molar-refractivity contribution in [3.8, 4) is 0 Å². The Kier molecular flexibility index (Phi) is 2.79. The molecule has 3 aliphatic rings. The number of hydrogen-bond acceptors (Lipinski definition) is 2. The second-order valence-electron chi connectivity index (χ2n) is 7.13. The van der Waals surface area contributed by atoms with Gasteiger partial charge in [0, 0.05) is 30.5 Å². The maximum absolute atomic E-state index is 5.96. The fraction of sp³-hybridized carbons (Fsp3) is 1.00. The first kappa shape index (κ1) is 12.0. The zero-order chi connectivity index (χ0) is 12.1. The number of nitrogens with one attached hydrogen (secondary N) is 1. The van der Waals surface area contributed by atoms with Gasteiger partial charge in [-0.25, -0.2) is 0 Å². The molecule has 0 radical (unpaired) electrons. The van der Waals surface area contributed by atoms with E-state index >= 15 is 0 Å². The van der Waals surface area contributed by atoms with Gasteiger partial charge in [-0.3, -0.25) is 0 Å². The van der Waals surface area contributed by atoms with Crippen LogP contribution in [0.15, 0.2) is 0 Å². The molecule has 3 rings (SSSR count). The minimum Gasteiger partial charge on any atom is -0.377 e. The number of ether oxygens (including phenoxy) is 1. The van der Waals surface area contributed by atoms with Gasteiger partial charge in [0.2, 0.25) is 0 Å². The fourth-order valence-electron chi connectivity index (χ4n) is 4.10. The molecular formula is C15H27NO. The van der Waals surface area contributed by atoms with E-state index < -0.39 is 0 Å². The predicted octanol–water partition coefficient (Wildman–Crippen LogP) is 2.97. The summed E-state index contributed by atoms with van der Waals surface area (Å²) in [6.45, 7) is 9.31. The van der Waals surface area contributed by atoms with Crippen molar-refractivity contribution in [2.24, 2.45) is 16.7 Å². The monoisotopic (exact) mass is 237 g/mol. The highest BCUT2D eigenvalue weighted by atomic mass is 16.5. The Hall–Kier alpha value is -0.0800. The summed E-state index contributed by atoms with van der Waals surface area (Å²) in [5.41, 5.74) is 1.01. The van der Waals surface area contributed by atoms with Gasteiger partial charge < -0.3 is 10.1 Å². The molecule has 2 nitrogen and oxygen atoms in total. The Morgan fingerprint density at radius 1 is 1.29 bits per heavy atom. The summed E-state index contributed by atoms with van der Waals surface area (Å²) in [7, 11) is 0. The van der Waals surface area contributed by atoms with Crippen LogP contribution in [0.4, 0.5) is 0 Å². The van der Waals surface area contributed by atoms with Gasteiger partial charge in [0.25, 0.3) is 0 Å². The van der Waals surface area contributed by atoms with Crippen LogP contribution in [-0.4, -0.2) is 25.3 Å². The lowest BCUT2D eigenvalue weighted by Crippen LogP contribution is -2.69. The highest BCUT2D eigenvalue weighted by Gasteiger charge is 2.58. The van der Waals surface area contributed by atoms with Gasteiger partial charge in [0.05, 0.1) is 6.10 Å². The first-order valence-corrected chi connectivity index (χ1v) is 7.44. The summed E-state index contributed by atoms with van der Waals surface area (Å²) < 4.78 is 5.96. The SMILES string of the molecule is CCC1(CNC2C3CCCOC3C2(C)C)CC1. The van der Waals surface area contributed by atoms with Crippen LogP contribution in [0.1, 0.15) is 52.9 Å². The van der Waals surface area contributed by atoms with E-state index in [2.05, 4.69) is 26.1 Å². The molecule has 1 N–H and O–H groups in total. The lowest BCUT2D eigenvalue weighted by Gasteiger charge is -2.60. The van der Waals surface area contributed by atoms with Crippen LogP contribution in [0.5, 0.6) is 0 Å². The van der Waals surface area contributed by atoms with Gasteiger partial charge >= 0.3 is 0 Å². The minimum atomic E-state index is 0.342. The average Bonchev–Trinajstić information content (AvgIpc) is 3.10. The smallest absolute Gasteiger partial charge is 0.0684 e. The van der Waals surface area contributed by atoms with Gasteiger partial charge in [0.1, 0.15) is 0 Å². The molecule has 98 valence electrons. The van der Waals surface area contributed by atoms with E-state index in [4.69, 9.17) is 4.74 Å². The first-order valence-electron chi connectivity index (χ1n) is 7.44. The number of fused-ring (bicyclic) bond motifs is 1. The highest BCUT2D eigenvalue weighted by molar-refractivity contribution is 5.11. The molecule has 0 bridgehead atoms. The zero-order valence-electron chi connectivity index (χ0n) is 11.6. The van der Waals surface area contributed by atoms with E-state index in [0.29, 0.717) is 23.0 Å². The van der Waals surface area contributed by atoms with E-state index in [1.807, 2.05) is 0 Å². The van der Waals surface area contributed by atoms with Crippen molar-refractivity contribution in [3.63, 3.8) is 0 Å². The quantitative estimate of drug-likeness (QED) is 0.811. The number of rotatable bonds is 4. The van der Waals surface area contributed by atoms with Crippen LogP contribution in [0.25, 0.3) is 0 Å². The third-order valence-electron chi connectivity index (χ3n) is 5.74. The highest BCUT2D eigenvalue weighted by Crippen LogP contribution is 2.53. The molecular weight excluding hydrogens is 210 g/mol. The summed E-state index contributed by atoms with van der Waals surface area (Å²) in [6.07, 6.45) is 7.37. The Bertz CT molecular complexity index is 295. The van der Waals surface area contributed by atoms with Crippen molar-refractivity contribution < 1.29 is 4.74 Å². The first-order chi connectivity index (χ1) is 8.09. The third-order valence-corrected chi connectivity index (χ3v) is 5.74. The normalized spacial score (nSPS) is 41.5. The Balaban J connectivity index is 1.59. The van der Waals surface area contributed by atoms with Crippen molar-refractivity contribution in [2.75, 3.05) is 13.2 Å². The van der Waals surface area contributed by atoms with Gasteiger partial charge in [-0.1, -0.05) is 20.8 Å². The van der Waals surface area contributed by atoms with E-state index in [-0.39, 0.29) is 0 Å². The van der Waals surface area contributed by atoms with Gasteiger partial charge in [0.15, 0.2) is 0 Å². The Morgan fingerprint density at radius 2 is 2.06 bits per heavy atom. The van der Waals surface area contributed by atoms with Crippen molar-refractivity contribution in [1.29, 1.82) is 0 Å². The van der Waals surface area contributed by atoms with E-state index in [1.165, 1.54) is 38.6 Å². The molecule has 0 amide bonds. The maximum Gasteiger partial charge on any atom is 0.0684 e. The van der Waals surface area contributed by atoms with Crippen LogP contribution >= 0.6 is 0 Å². The van der Waals surface area contributed by atoms with Crippen LogP contribution < -0.4 is 5.32 Å². The summed E-state index contributed by atoms with van der Waals surface area (Å²) in [5, 5.41) is 3.88. The molecule has 0 aromatic heterocycles. The minimum absolute atomic E-state index is 0.342. The van der Waals surface area contributed by atoms with Crippen LogP contribution in [0.3, 0.4) is 0 Å². The topological polar surface area (TPSA) is 21.3 Å². The average molecular weight is 237 g/mol. The second kappa shape index (κ2) is 3.96. The fourth-order valence-corrected chi connectivity index (χ4v) is 4.10. The molecule has 1 aliphatic heterocycles. The molecule has 3 fully saturated rings. The molecule has 2 saturated carbocycles. The molecule has 0 aromatic carbocycles. The third kappa shape index (κ3) is 1.84.